The maximum atomic E-state index is 15.4. The molecule has 1 saturated heterocycles. The van der Waals surface area contributed by atoms with Gasteiger partial charge in [-0.1, -0.05) is 43.3 Å². The fourth-order valence-electron chi connectivity index (χ4n) is 5.68. The Kier molecular flexibility index (Phi) is 8.21. The molecule has 0 aliphatic carbocycles. The van der Waals surface area contributed by atoms with Gasteiger partial charge in [0.2, 0.25) is 11.8 Å². The molecule has 0 N–H and O–H groups in total. The molecular weight excluding hydrogens is 570 g/mol. The Morgan fingerprint density at radius 2 is 1.74 bits per heavy atom. The molecule has 1 atom stereocenters. The largest absolute Gasteiger partial charge is 0.497 e. The van der Waals surface area contributed by atoms with Gasteiger partial charge in [-0.2, -0.15) is 5.10 Å². The van der Waals surface area contributed by atoms with Gasteiger partial charge < -0.3 is 9.64 Å². The monoisotopic (exact) mass is 602 g/mol. The first-order chi connectivity index (χ1) is 20.8. The van der Waals surface area contributed by atoms with Crippen LogP contribution in [0, 0.1) is 17.6 Å². The molecule has 2 amide bonds. The van der Waals surface area contributed by atoms with Crippen molar-refractivity contribution in [3.05, 3.63) is 95.6 Å². The average molecular weight is 603 g/mol. The molecule has 0 radical (unpaired) electrons. The van der Waals surface area contributed by atoms with Gasteiger partial charge in [-0.05, 0) is 49.1 Å². The van der Waals surface area contributed by atoms with Crippen LogP contribution in [-0.4, -0.2) is 59.0 Å². The number of piperidine rings is 1. The Morgan fingerprint density at radius 1 is 1.02 bits per heavy atom. The van der Waals surface area contributed by atoms with Crippen LogP contribution in [0.4, 0.5) is 14.6 Å². The number of methoxy groups -OCH3 is 1. The fourth-order valence-corrected chi connectivity index (χ4v) is 6.90. The number of amides is 2. The van der Waals surface area contributed by atoms with Crippen LogP contribution in [0.3, 0.4) is 0 Å². The minimum atomic E-state index is -0.709. The summed E-state index contributed by atoms with van der Waals surface area (Å²) in [5.41, 5.74) is 2.78. The number of hydrogen-bond donors (Lipinski definition) is 0. The second-order valence-corrected chi connectivity index (χ2v) is 12.1. The van der Waals surface area contributed by atoms with Crippen molar-refractivity contribution in [3.8, 4) is 22.7 Å². The lowest BCUT2D eigenvalue weighted by Gasteiger charge is -2.32. The number of halogens is 2. The molecule has 0 bridgehead atoms. The molecule has 1 fully saturated rings. The van der Waals surface area contributed by atoms with Crippen molar-refractivity contribution in [2.24, 2.45) is 5.92 Å². The van der Waals surface area contributed by atoms with Gasteiger partial charge in [-0.3, -0.25) is 14.5 Å². The number of thioether (sulfide) groups is 1. The van der Waals surface area contributed by atoms with Crippen LogP contribution in [0.1, 0.15) is 36.1 Å². The van der Waals surface area contributed by atoms with Gasteiger partial charge in [0, 0.05) is 35.8 Å². The van der Waals surface area contributed by atoms with Gasteiger partial charge in [0.15, 0.2) is 0 Å². The van der Waals surface area contributed by atoms with Crippen molar-refractivity contribution in [2.45, 2.75) is 25.0 Å². The van der Waals surface area contributed by atoms with E-state index in [0.717, 1.165) is 24.5 Å². The molecular formula is C33H32F2N4O3S. The maximum absolute atomic E-state index is 15.4. The highest BCUT2D eigenvalue weighted by Crippen LogP contribution is 2.49. The molecule has 43 heavy (non-hydrogen) atoms. The molecule has 3 aromatic carbocycles. The molecule has 1 unspecified atom stereocenters. The normalized spacial score (nSPS) is 17.5. The molecule has 3 heterocycles. The van der Waals surface area contributed by atoms with Crippen LogP contribution in [-0.2, 0) is 9.59 Å². The van der Waals surface area contributed by atoms with E-state index in [1.165, 1.54) is 28.8 Å². The van der Waals surface area contributed by atoms with E-state index in [4.69, 9.17) is 9.84 Å². The molecule has 7 nitrogen and oxygen atoms in total. The van der Waals surface area contributed by atoms with Gasteiger partial charge >= 0.3 is 0 Å². The lowest BCUT2D eigenvalue weighted by atomic mass is 9.98. The zero-order chi connectivity index (χ0) is 30.1. The zero-order valence-electron chi connectivity index (χ0n) is 24.0. The second kappa shape index (κ2) is 12.2. The summed E-state index contributed by atoms with van der Waals surface area (Å²) < 4.78 is 36.5. The quantitative estimate of drug-likeness (QED) is 0.261. The van der Waals surface area contributed by atoms with Crippen LogP contribution < -0.4 is 9.64 Å². The minimum absolute atomic E-state index is 0.00266. The summed E-state index contributed by atoms with van der Waals surface area (Å²) >= 11 is 1.25. The number of carbonyl (C=O) groups is 2. The third kappa shape index (κ3) is 5.76. The average Bonchev–Trinajstić information content (AvgIpc) is 3.35. The molecule has 0 saturated carbocycles. The molecule has 2 aliphatic heterocycles. The first-order valence-electron chi connectivity index (χ1n) is 14.3. The Morgan fingerprint density at radius 3 is 2.42 bits per heavy atom. The summed E-state index contributed by atoms with van der Waals surface area (Å²) in [6, 6.07) is 20.2. The number of nitrogens with zero attached hydrogens (tertiary/aromatic N) is 4. The van der Waals surface area contributed by atoms with Crippen LogP contribution in [0.5, 0.6) is 5.75 Å². The molecule has 0 spiro atoms. The summed E-state index contributed by atoms with van der Waals surface area (Å²) in [5.74, 6) is -0.243. The number of benzene rings is 3. The number of aromatic nitrogens is 2. The van der Waals surface area contributed by atoms with Crippen LogP contribution >= 0.6 is 11.8 Å². The van der Waals surface area contributed by atoms with Gasteiger partial charge in [0.25, 0.3) is 0 Å². The molecule has 4 aromatic rings. The van der Waals surface area contributed by atoms with E-state index in [1.54, 1.807) is 23.9 Å². The first-order valence-corrected chi connectivity index (χ1v) is 15.4. The predicted octanol–water partition coefficient (Wildman–Crippen LogP) is 6.25. The van der Waals surface area contributed by atoms with Gasteiger partial charge in [0.1, 0.15) is 29.7 Å². The number of anilines is 1. The lowest BCUT2D eigenvalue weighted by molar-refractivity contribution is -0.132. The van der Waals surface area contributed by atoms with Crippen molar-refractivity contribution in [3.63, 3.8) is 0 Å². The standard InChI is InChI=1S/C33H32F2N4O3S/c1-21-14-16-37(17-15-21)28(40)19-38-29(41)20-43-32(26-13-8-23(34)18-27(26)35)30-31(22-6-4-3-5-7-22)36-39(33(30)38)24-9-11-25(42-2)12-10-24/h3-13,18,21,32H,14-17,19-20H2,1-2H3. The van der Waals surface area contributed by atoms with Crippen LogP contribution in [0.2, 0.25) is 0 Å². The zero-order valence-corrected chi connectivity index (χ0v) is 24.8. The summed E-state index contributed by atoms with van der Waals surface area (Å²) in [4.78, 5) is 30.9. The lowest BCUT2D eigenvalue weighted by Crippen LogP contribution is -2.46. The smallest absolute Gasteiger partial charge is 0.242 e. The summed E-state index contributed by atoms with van der Waals surface area (Å²) in [6.45, 7) is 3.28. The van der Waals surface area contributed by atoms with E-state index >= 15 is 4.39 Å². The van der Waals surface area contributed by atoms with Crippen molar-refractivity contribution in [1.29, 1.82) is 0 Å². The van der Waals surface area contributed by atoms with E-state index in [-0.39, 0.29) is 29.7 Å². The number of hydrogen-bond acceptors (Lipinski definition) is 5. The van der Waals surface area contributed by atoms with Crippen LogP contribution in [0.25, 0.3) is 16.9 Å². The number of rotatable bonds is 6. The molecule has 222 valence electrons. The number of carbonyl (C=O) groups excluding carboxylic acids is 2. The number of fused-ring (bicyclic) bond motifs is 1. The van der Waals surface area contributed by atoms with Crippen molar-refractivity contribution in [1.82, 2.24) is 14.7 Å². The third-order valence-electron chi connectivity index (χ3n) is 8.13. The van der Waals surface area contributed by atoms with Crippen LogP contribution in [0.15, 0.2) is 72.8 Å². The minimum Gasteiger partial charge on any atom is -0.497 e. The molecule has 6 rings (SSSR count). The summed E-state index contributed by atoms with van der Waals surface area (Å²) in [7, 11) is 1.58. The van der Waals surface area contributed by atoms with E-state index < -0.39 is 16.9 Å². The summed E-state index contributed by atoms with van der Waals surface area (Å²) in [6.07, 6.45) is 1.82. The summed E-state index contributed by atoms with van der Waals surface area (Å²) in [5, 5.41) is 4.32. The first kappa shape index (κ1) is 28.9. The topological polar surface area (TPSA) is 67.7 Å². The second-order valence-electron chi connectivity index (χ2n) is 11.0. The Bertz CT molecular complexity index is 1640. The highest BCUT2D eigenvalue weighted by atomic mass is 32.2. The van der Waals surface area contributed by atoms with Gasteiger partial charge in [0.05, 0.1) is 29.5 Å². The highest BCUT2D eigenvalue weighted by Gasteiger charge is 2.39. The van der Waals surface area contributed by atoms with Gasteiger partial charge in [-0.15, -0.1) is 11.8 Å². The molecule has 2 aliphatic rings. The number of likely N-dealkylation sites (tertiary alicyclic amines) is 1. The maximum Gasteiger partial charge on any atom is 0.242 e. The molecule has 10 heteroatoms. The van der Waals surface area contributed by atoms with Crippen molar-refractivity contribution < 1.29 is 23.1 Å². The number of ether oxygens (including phenoxy) is 1. The van der Waals surface area contributed by atoms with E-state index in [1.807, 2.05) is 47.4 Å². The van der Waals surface area contributed by atoms with Gasteiger partial charge in [-0.25, -0.2) is 13.5 Å². The predicted molar refractivity (Wildman–Crippen MR) is 164 cm³/mol. The van der Waals surface area contributed by atoms with Crippen molar-refractivity contribution in [2.75, 3.05) is 37.4 Å². The third-order valence-corrected chi connectivity index (χ3v) is 9.36. The fraction of sp³-hybridized carbons (Fsp3) is 0.303. The Labute approximate surface area is 253 Å². The van der Waals surface area contributed by atoms with E-state index in [2.05, 4.69) is 6.92 Å². The Hall–Kier alpha value is -4.18. The van der Waals surface area contributed by atoms with E-state index in [9.17, 15) is 14.0 Å². The molecule has 1 aromatic heterocycles. The van der Waals surface area contributed by atoms with E-state index in [0.29, 0.717) is 47.5 Å². The van der Waals surface area contributed by atoms with Crippen molar-refractivity contribution >= 4 is 29.4 Å². The Balaban J connectivity index is 1.57. The SMILES string of the molecule is COc1ccc(-n2nc(-c3ccccc3)c3c2N(CC(=O)N2CCC(C)CC2)C(=O)CSC3c2ccc(F)cc2F)cc1. The highest BCUT2D eigenvalue weighted by molar-refractivity contribution is 8.00.